The zero-order chi connectivity index (χ0) is 13.3. The van der Waals surface area contributed by atoms with Crippen LogP contribution in [0.1, 0.15) is 39.1 Å². The summed E-state index contributed by atoms with van der Waals surface area (Å²) in [5.74, 6) is 1.99. The summed E-state index contributed by atoms with van der Waals surface area (Å²) < 4.78 is 2.23. The van der Waals surface area contributed by atoms with Gasteiger partial charge < -0.3 is 4.57 Å². The van der Waals surface area contributed by atoms with E-state index in [4.69, 9.17) is 23.2 Å². The molecule has 4 heteroatoms. The minimum atomic E-state index is 0.393. The van der Waals surface area contributed by atoms with Crippen molar-refractivity contribution in [2.75, 3.05) is 0 Å². The van der Waals surface area contributed by atoms with E-state index in [1.165, 1.54) is 0 Å². The van der Waals surface area contributed by atoms with Gasteiger partial charge in [0, 0.05) is 11.1 Å². The number of fused-ring (bicyclic) bond motifs is 1. The SMILES string of the molecule is CC(C)CC(C)n1c(CCl)nc2cc(Cl)ccc21. The molecule has 0 bridgehead atoms. The van der Waals surface area contributed by atoms with Crippen molar-refractivity contribution in [2.24, 2.45) is 5.92 Å². The standard InChI is InChI=1S/C14H18Cl2N2/c1-9(2)6-10(3)18-13-5-4-11(16)7-12(13)17-14(18)8-15/h4-5,7,9-10H,6,8H2,1-3H3. The van der Waals surface area contributed by atoms with Crippen LogP contribution < -0.4 is 0 Å². The van der Waals surface area contributed by atoms with E-state index in [1.807, 2.05) is 18.2 Å². The first-order chi connectivity index (χ1) is 8.52. The fourth-order valence-electron chi connectivity index (χ4n) is 2.50. The second-order valence-corrected chi connectivity index (χ2v) is 5.85. The van der Waals surface area contributed by atoms with Crippen molar-refractivity contribution >= 4 is 34.2 Å². The molecule has 0 aliphatic heterocycles. The van der Waals surface area contributed by atoms with Crippen LogP contribution in [0.15, 0.2) is 18.2 Å². The van der Waals surface area contributed by atoms with Crippen LogP contribution in [0.3, 0.4) is 0 Å². The Morgan fingerprint density at radius 1 is 1.28 bits per heavy atom. The fraction of sp³-hybridized carbons (Fsp3) is 0.500. The Hall–Kier alpha value is -0.730. The van der Waals surface area contributed by atoms with E-state index in [-0.39, 0.29) is 0 Å². The molecule has 98 valence electrons. The molecule has 0 aliphatic rings. The van der Waals surface area contributed by atoms with Crippen LogP contribution >= 0.6 is 23.2 Å². The molecule has 1 aromatic heterocycles. The molecule has 2 aromatic rings. The highest BCUT2D eigenvalue weighted by molar-refractivity contribution is 6.31. The van der Waals surface area contributed by atoms with Crippen LogP contribution in [0, 0.1) is 5.92 Å². The Balaban J connectivity index is 2.53. The molecule has 0 aliphatic carbocycles. The van der Waals surface area contributed by atoms with E-state index in [0.717, 1.165) is 23.3 Å². The second kappa shape index (κ2) is 5.50. The molecular weight excluding hydrogens is 267 g/mol. The molecule has 18 heavy (non-hydrogen) atoms. The van der Waals surface area contributed by atoms with Gasteiger partial charge in [-0.3, -0.25) is 0 Å². The van der Waals surface area contributed by atoms with Gasteiger partial charge in [-0.15, -0.1) is 11.6 Å². The minimum Gasteiger partial charge on any atom is -0.324 e. The number of alkyl halides is 1. The zero-order valence-corrected chi connectivity index (χ0v) is 12.5. The summed E-state index contributed by atoms with van der Waals surface area (Å²) in [4.78, 5) is 4.57. The highest BCUT2D eigenvalue weighted by atomic mass is 35.5. The summed E-state index contributed by atoms with van der Waals surface area (Å²) >= 11 is 12.0. The molecule has 0 saturated carbocycles. The lowest BCUT2D eigenvalue weighted by molar-refractivity contribution is 0.428. The molecule has 2 nitrogen and oxygen atoms in total. The van der Waals surface area contributed by atoms with Gasteiger partial charge in [0.05, 0.1) is 16.9 Å². The van der Waals surface area contributed by atoms with E-state index in [9.17, 15) is 0 Å². The third-order valence-electron chi connectivity index (χ3n) is 3.10. The van der Waals surface area contributed by atoms with Crippen LogP contribution in [-0.4, -0.2) is 9.55 Å². The molecule has 0 spiro atoms. The zero-order valence-electron chi connectivity index (χ0n) is 11.0. The van der Waals surface area contributed by atoms with Gasteiger partial charge in [0.2, 0.25) is 0 Å². The maximum atomic E-state index is 6.01. The van der Waals surface area contributed by atoms with E-state index in [1.54, 1.807) is 0 Å². The van der Waals surface area contributed by atoms with E-state index < -0.39 is 0 Å². The first-order valence-corrected chi connectivity index (χ1v) is 7.16. The quantitative estimate of drug-likeness (QED) is 0.720. The third kappa shape index (κ3) is 2.65. The molecule has 1 aromatic carbocycles. The largest absolute Gasteiger partial charge is 0.324 e. The monoisotopic (exact) mass is 284 g/mol. The summed E-state index contributed by atoms with van der Waals surface area (Å²) in [6, 6.07) is 6.22. The summed E-state index contributed by atoms with van der Waals surface area (Å²) in [5, 5.41) is 0.713. The van der Waals surface area contributed by atoms with Crippen LogP contribution in [0.25, 0.3) is 11.0 Å². The smallest absolute Gasteiger partial charge is 0.125 e. The predicted molar refractivity (Wildman–Crippen MR) is 78.5 cm³/mol. The first kappa shape index (κ1) is 13.7. The summed E-state index contributed by atoms with van der Waals surface area (Å²) in [6.45, 7) is 6.67. The Kier molecular flexibility index (Phi) is 4.18. The molecule has 0 fully saturated rings. The summed E-state index contributed by atoms with van der Waals surface area (Å²) in [6.07, 6.45) is 1.11. The Morgan fingerprint density at radius 2 is 2.00 bits per heavy atom. The lowest BCUT2D eigenvalue weighted by atomic mass is 10.0. The van der Waals surface area contributed by atoms with Gasteiger partial charge in [0.15, 0.2) is 0 Å². The summed E-state index contributed by atoms with van der Waals surface area (Å²) in [5.41, 5.74) is 2.04. The Labute approximate surface area is 118 Å². The topological polar surface area (TPSA) is 17.8 Å². The number of halogens is 2. The van der Waals surface area contributed by atoms with Gasteiger partial charge in [0.1, 0.15) is 5.82 Å². The van der Waals surface area contributed by atoms with Gasteiger partial charge in [-0.2, -0.15) is 0 Å². The van der Waals surface area contributed by atoms with Crippen LogP contribution in [0.4, 0.5) is 0 Å². The molecule has 1 atom stereocenters. The lowest BCUT2D eigenvalue weighted by Gasteiger charge is -2.18. The minimum absolute atomic E-state index is 0.393. The summed E-state index contributed by atoms with van der Waals surface area (Å²) in [7, 11) is 0. The molecule has 1 unspecified atom stereocenters. The number of benzene rings is 1. The molecular formula is C14H18Cl2N2. The van der Waals surface area contributed by atoms with Gasteiger partial charge in [-0.05, 0) is 37.5 Å². The molecule has 0 N–H and O–H groups in total. The maximum Gasteiger partial charge on any atom is 0.125 e. The van der Waals surface area contributed by atoms with Crippen molar-refractivity contribution in [2.45, 2.75) is 39.1 Å². The number of nitrogens with zero attached hydrogens (tertiary/aromatic N) is 2. The normalized spacial score (nSPS) is 13.4. The Bertz CT molecular complexity index is 546. The third-order valence-corrected chi connectivity index (χ3v) is 3.57. The van der Waals surface area contributed by atoms with Crippen LogP contribution in [0.2, 0.25) is 5.02 Å². The lowest BCUT2D eigenvalue weighted by Crippen LogP contribution is -2.10. The molecule has 0 amide bonds. The second-order valence-electron chi connectivity index (χ2n) is 5.14. The van der Waals surface area contributed by atoms with Crippen molar-refractivity contribution in [3.8, 4) is 0 Å². The van der Waals surface area contributed by atoms with E-state index in [0.29, 0.717) is 22.9 Å². The van der Waals surface area contributed by atoms with Gasteiger partial charge in [-0.1, -0.05) is 25.4 Å². The van der Waals surface area contributed by atoms with Gasteiger partial charge >= 0.3 is 0 Å². The van der Waals surface area contributed by atoms with Crippen molar-refractivity contribution in [3.63, 3.8) is 0 Å². The van der Waals surface area contributed by atoms with E-state index >= 15 is 0 Å². The van der Waals surface area contributed by atoms with Gasteiger partial charge in [0.25, 0.3) is 0 Å². The molecule has 0 radical (unpaired) electrons. The molecule has 0 saturated heterocycles. The van der Waals surface area contributed by atoms with Crippen molar-refractivity contribution in [3.05, 3.63) is 29.0 Å². The van der Waals surface area contributed by atoms with Crippen molar-refractivity contribution in [1.82, 2.24) is 9.55 Å². The molecule has 2 rings (SSSR count). The number of rotatable bonds is 4. The number of hydrogen-bond acceptors (Lipinski definition) is 1. The predicted octanol–water partition coefficient (Wildman–Crippen LogP) is 5.04. The fourth-order valence-corrected chi connectivity index (χ4v) is 2.85. The van der Waals surface area contributed by atoms with Crippen molar-refractivity contribution in [1.29, 1.82) is 0 Å². The van der Waals surface area contributed by atoms with Crippen LogP contribution in [-0.2, 0) is 5.88 Å². The number of hydrogen-bond donors (Lipinski definition) is 0. The highest BCUT2D eigenvalue weighted by Crippen LogP contribution is 2.27. The highest BCUT2D eigenvalue weighted by Gasteiger charge is 2.16. The Morgan fingerprint density at radius 3 is 2.61 bits per heavy atom. The number of imidazole rings is 1. The average Bonchev–Trinajstić information content (AvgIpc) is 2.65. The molecule has 1 heterocycles. The van der Waals surface area contributed by atoms with Crippen LogP contribution in [0.5, 0.6) is 0 Å². The van der Waals surface area contributed by atoms with E-state index in [2.05, 4.69) is 30.3 Å². The average molecular weight is 285 g/mol. The van der Waals surface area contributed by atoms with Crippen molar-refractivity contribution < 1.29 is 0 Å². The van der Waals surface area contributed by atoms with Gasteiger partial charge in [-0.25, -0.2) is 4.98 Å². The number of aromatic nitrogens is 2. The first-order valence-electron chi connectivity index (χ1n) is 6.25. The maximum absolute atomic E-state index is 6.01.